The molecule has 0 amide bonds. The van der Waals surface area contributed by atoms with Crippen LogP contribution >= 0.6 is 0 Å². The number of nitrogens with zero attached hydrogens (tertiary/aromatic N) is 2. The number of carboxylic acids is 1. The molecule has 0 radical (unpaired) electrons. The summed E-state index contributed by atoms with van der Waals surface area (Å²) in [6, 6.07) is 9.32. The van der Waals surface area contributed by atoms with Gasteiger partial charge in [0.15, 0.2) is 0 Å². The third-order valence-electron chi connectivity index (χ3n) is 4.11. The van der Waals surface area contributed by atoms with E-state index in [0.717, 1.165) is 12.8 Å². The largest absolute Gasteiger partial charge is 0.489 e. The summed E-state index contributed by atoms with van der Waals surface area (Å²) >= 11 is 0. The van der Waals surface area contributed by atoms with E-state index in [9.17, 15) is 9.90 Å². The van der Waals surface area contributed by atoms with E-state index < -0.39 is 17.5 Å². The van der Waals surface area contributed by atoms with Crippen molar-refractivity contribution in [1.29, 1.82) is 0 Å². The van der Waals surface area contributed by atoms with Crippen molar-refractivity contribution >= 4 is 5.97 Å². The Morgan fingerprint density at radius 3 is 2.81 bits per heavy atom. The summed E-state index contributed by atoms with van der Waals surface area (Å²) in [5.41, 5.74) is -0.697. The van der Waals surface area contributed by atoms with Gasteiger partial charge in [-0.05, 0) is 31.4 Å². The van der Waals surface area contributed by atoms with Gasteiger partial charge in [0.05, 0.1) is 0 Å². The molecule has 6 nitrogen and oxygen atoms in total. The molecule has 21 heavy (non-hydrogen) atoms. The van der Waals surface area contributed by atoms with Crippen molar-refractivity contribution < 1.29 is 14.6 Å². The Morgan fingerprint density at radius 2 is 2.14 bits per heavy atom. The van der Waals surface area contributed by atoms with Gasteiger partial charge in [0.25, 0.3) is 0 Å². The Kier molecular flexibility index (Phi) is 3.60. The minimum absolute atomic E-state index is 0.440. The van der Waals surface area contributed by atoms with Crippen molar-refractivity contribution in [3.63, 3.8) is 0 Å². The molecule has 2 aromatic rings. The van der Waals surface area contributed by atoms with Gasteiger partial charge in [-0.15, -0.1) is 5.10 Å². The molecule has 110 valence electrons. The number of para-hydroxylation sites is 1. The van der Waals surface area contributed by atoms with Crippen LogP contribution < -0.4 is 4.74 Å². The second-order valence-corrected chi connectivity index (χ2v) is 5.30. The fraction of sp³-hybridized carbons (Fsp3) is 0.400. The number of carboxylic acid groups (broad SMARTS) is 1. The third-order valence-corrected chi connectivity index (χ3v) is 4.11. The molecule has 1 aromatic heterocycles. The number of H-pyrrole nitrogens is 1. The summed E-state index contributed by atoms with van der Waals surface area (Å²) in [6.07, 6.45) is 4.09. The van der Waals surface area contributed by atoms with Gasteiger partial charge in [-0.25, -0.2) is 0 Å². The normalized spacial score (nSPS) is 25.4. The van der Waals surface area contributed by atoms with Gasteiger partial charge in [0.1, 0.15) is 23.0 Å². The second-order valence-electron chi connectivity index (χ2n) is 5.30. The van der Waals surface area contributed by atoms with E-state index in [4.69, 9.17) is 4.74 Å². The molecule has 3 rings (SSSR count). The first kappa shape index (κ1) is 13.6. The molecule has 1 aromatic carbocycles. The van der Waals surface area contributed by atoms with Crippen molar-refractivity contribution in [3.05, 3.63) is 42.2 Å². The van der Waals surface area contributed by atoms with Crippen LogP contribution in [0.15, 0.2) is 36.5 Å². The summed E-state index contributed by atoms with van der Waals surface area (Å²) in [4.78, 5) is 12.0. The van der Waals surface area contributed by atoms with Gasteiger partial charge in [-0.1, -0.05) is 29.8 Å². The molecule has 1 heterocycles. The molecular formula is C15H17N3O3. The number of hydrogen-bond donors (Lipinski definition) is 2. The lowest BCUT2D eigenvalue weighted by Crippen LogP contribution is -2.51. The van der Waals surface area contributed by atoms with Crippen molar-refractivity contribution in [3.8, 4) is 5.75 Å². The Morgan fingerprint density at radius 1 is 1.33 bits per heavy atom. The van der Waals surface area contributed by atoms with Crippen LogP contribution in [-0.4, -0.2) is 32.6 Å². The predicted molar refractivity (Wildman–Crippen MR) is 75.0 cm³/mol. The lowest BCUT2D eigenvalue weighted by atomic mass is 9.69. The number of nitrogens with one attached hydrogen (secondary N) is 1. The Balaban J connectivity index is 1.97. The molecule has 2 unspecified atom stereocenters. The zero-order chi connectivity index (χ0) is 14.7. The number of aromatic amines is 1. The quantitative estimate of drug-likeness (QED) is 0.899. The first-order valence-corrected chi connectivity index (χ1v) is 7.05. The number of rotatable bonds is 4. The van der Waals surface area contributed by atoms with Crippen LogP contribution in [0.2, 0.25) is 0 Å². The zero-order valence-corrected chi connectivity index (χ0v) is 11.5. The maximum absolute atomic E-state index is 12.0. The molecule has 1 fully saturated rings. The first-order chi connectivity index (χ1) is 10.2. The van der Waals surface area contributed by atoms with Crippen LogP contribution in [0.25, 0.3) is 0 Å². The molecular weight excluding hydrogens is 270 g/mol. The van der Waals surface area contributed by atoms with Crippen molar-refractivity contribution in [2.24, 2.45) is 0 Å². The Hall–Kier alpha value is -2.37. The Labute approximate surface area is 122 Å². The summed E-state index contributed by atoms with van der Waals surface area (Å²) in [5.74, 6) is -0.226. The minimum atomic E-state index is -1.14. The number of ether oxygens (including phenoxy) is 1. The molecule has 1 aliphatic carbocycles. The molecule has 0 spiro atoms. The molecule has 6 heteroatoms. The predicted octanol–water partition coefficient (Wildman–Crippen LogP) is 2.15. The van der Waals surface area contributed by atoms with Crippen molar-refractivity contribution in [1.82, 2.24) is 15.4 Å². The SMILES string of the molecule is O=C(O)C1(c2c[nH]nn2)CCCCC1Oc1ccccc1. The highest BCUT2D eigenvalue weighted by atomic mass is 16.5. The van der Waals surface area contributed by atoms with Crippen LogP contribution in [0, 0.1) is 0 Å². The van der Waals surface area contributed by atoms with Crippen LogP contribution in [0.4, 0.5) is 0 Å². The smallest absolute Gasteiger partial charge is 0.319 e. The Bertz CT molecular complexity index is 600. The average molecular weight is 287 g/mol. The number of benzene rings is 1. The molecule has 1 aliphatic rings. The van der Waals surface area contributed by atoms with E-state index in [-0.39, 0.29) is 0 Å². The molecule has 0 aliphatic heterocycles. The summed E-state index contributed by atoms with van der Waals surface area (Å²) in [7, 11) is 0. The third kappa shape index (κ3) is 2.37. The highest BCUT2D eigenvalue weighted by Crippen LogP contribution is 2.41. The summed E-state index contributed by atoms with van der Waals surface area (Å²) < 4.78 is 5.99. The van der Waals surface area contributed by atoms with E-state index in [0.29, 0.717) is 24.3 Å². The molecule has 2 N–H and O–H groups in total. The van der Waals surface area contributed by atoms with Gasteiger partial charge < -0.3 is 9.84 Å². The lowest BCUT2D eigenvalue weighted by molar-refractivity contribution is -0.150. The maximum atomic E-state index is 12.0. The summed E-state index contributed by atoms with van der Waals surface area (Å²) in [5, 5.41) is 20.1. The molecule has 1 saturated carbocycles. The van der Waals surface area contributed by atoms with E-state index >= 15 is 0 Å². The topological polar surface area (TPSA) is 88.1 Å². The summed E-state index contributed by atoms with van der Waals surface area (Å²) in [6.45, 7) is 0. The van der Waals surface area contributed by atoms with E-state index in [1.165, 1.54) is 0 Å². The highest BCUT2D eigenvalue weighted by Gasteiger charge is 2.52. The fourth-order valence-corrected chi connectivity index (χ4v) is 3.03. The van der Waals surface area contributed by atoms with Gasteiger partial charge in [-0.2, -0.15) is 0 Å². The maximum Gasteiger partial charge on any atom is 0.319 e. The number of hydrogen-bond acceptors (Lipinski definition) is 4. The van der Waals surface area contributed by atoms with Gasteiger partial charge in [-0.3, -0.25) is 9.89 Å². The van der Waals surface area contributed by atoms with E-state index in [1.54, 1.807) is 6.20 Å². The fourth-order valence-electron chi connectivity index (χ4n) is 3.03. The number of carbonyl (C=O) groups is 1. The van der Waals surface area contributed by atoms with Crippen LogP contribution in [-0.2, 0) is 10.2 Å². The van der Waals surface area contributed by atoms with E-state index in [1.807, 2.05) is 30.3 Å². The molecule has 2 atom stereocenters. The molecule has 0 saturated heterocycles. The van der Waals surface area contributed by atoms with Crippen LogP contribution in [0.1, 0.15) is 31.4 Å². The second kappa shape index (κ2) is 5.55. The zero-order valence-electron chi connectivity index (χ0n) is 11.5. The van der Waals surface area contributed by atoms with Crippen molar-refractivity contribution in [2.75, 3.05) is 0 Å². The molecule has 0 bridgehead atoms. The average Bonchev–Trinajstić information content (AvgIpc) is 3.03. The van der Waals surface area contributed by atoms with Crippen molar-refractivity contribution in [2.45, 2.75) is 37.2 Å². The standard InChI is InChI=1S/C15H17N3O3/c19-14(20)15(12-10-16-18-17-12)9-5-4-8-13(15)21-11-6-2-1-3-7-11/h1-3,6-7,10,13H,4-5,8-9H2,(H,19,20)(H,16,17,18). The van der Waals surface area contributed by atoms with Crippen LogP contribution in [0.5, 0.6) is 5.75 Å². The van der Waals surface area contributed by atoms with Gasteiger partial charge in [0.2, 0.25) is 0 Å². The minimum Gasteiger partial charge on any atom is -0.489 e. The van der Waals surface area contributed by atoms with Gasteiger partial charge >= 0.3 is 5.97 Å². The first-order valence-electron chi connectivity index (χ1n) is 7.05. The van der Waals surface area contributed by atoms with E-state index in [2.05, 4.69) is 15.4 Å². The number of aromatic nitrogens is 3. The number of aliphatic carboxylic acids is 1. The highest BCUT2D eigenvalue weighted by molar-refractivity contribution is 5.81. The lowest BCUT2D eigenvalue weighted by Gasteiger charge is -2.39. The monoisotopic (exact) mass is 287 g/mol. The van der Waals surface area contributed by atoms with Crippen LogP contribution in [0.3, 0.4) is 0 Å². The van der Waals surface area contributed by atoms with Gasteiger partial charge in [0, 0.05) is 6.20 Å².